The van der Waals surface area contributed by atoms with Crippen molar-refractivity contribution >= 4 is 43.5 Å². The minimum atomic E-state index is -0.315. The van der Waals surface area contributed by atoms with E-state index < -0.39 is 0 Å². The number of alkyl halides is 3. The molecule has 0 aromatic rings. The first-order chi connectivity index (χ1) is 6.32. The van der Waals surface area contributed by atoms with E-state index >= 15 is 0 Å². The lowest BCUT2D eigenvalue weighted by Gasteiger charge is -2.36. The molecule has 0 aliphatic carbocycles. The zero-order chi connectivity index (χ0) is 10.9. The third-order valence-electron chi connectivity index (χ3n) is 2.41. The smallest absolute Gasteiger partial charge is 0.101 e. The normalized spacial score (nSPS) is 29.2. The molecule has 0 N–H and O–H groups in total. The maximum absolute atomic E-state index is 6.24. The maximum Gasteiger partial charge on any atom is 0.101 e. The summed E-state index contributed by atoms with van der Waals surface area (Å²) in [6, 6.07) is 0. The number of hydrogen-bond acceptors (Lipinski definition) is 1. The van der Waals surface area contributed by atoms with Crippen LogP contribution in [0.3, 0.4) is 0 Å². The number of rotatable bonds is 2. The Kier molecular flexibility index (Phi) is 4.51. The van der Waals surface area contributed by atoms with Crippen molar-refractivity contribution in [2.75, 3.05) is 0 Å². The molecule has 0 bridgehead atoms. The summed E-state index contributed by atoms with van der Waals surface area (Å²) in [5.41, 5.74) is 1.25. The number of halogens is 3. The van der Waals surface area contributed by atoms with Crippen LogP contribution in [0.15, 0.2) is 11.6 Å². The van der Waals surface area contributed by atoms with Crippen molar-refractivity contribution in [2.45, 2.75) is 48.0 Å². The van der Waals surface area contributed by atoms with Gasteiger partial charge in [0.25, 0.3) is 0 Å². The van der Waals surface area contributed by atoms with Crippen molar-refractivity contribution in [2.24, 2.45) is 0 Å². The molecule has 1 aliphatic rings. The molecular weight excluding hydrogens is 331 g/mol. The maximum atomic E-state index is 6.24. The van der Waals surface area contributed by atoms with Gasteiger partial charge in [0.05, 0.1) is 14.7 Å². The first kappa shape index (κ1) is 13.0. The SMILES string of the molecule is CC1=CC[C@H](C(C)(C)Cl)O[C@@H]1C(Br)Br. The summed E-state index contributed by atoms with van der Waals surface area (Å²) in [6.07, 6.45) is 3.26. The monoisotopic (exact) mass is 344 g/mol. The van der Waals surface area contributed by atoms with Crippen LogP contribution in [0.2, 0.25) is 0 Å². The van der Waals surface area contributed by atoms with Crippen LogP contribution in [0, 0.1) is 0 Å². The highest BCUT2D eigenvalue weighted by Crippen LogP contribution is 2.34. The summed E-state index contributed by atoms with van der Waals surface area (Å²) in [5, 5.41) is 0. The van der Waals surface area contributed by atoms with Crippen LogP contribution in [0.5, 0.6) is 0 Å². The van der Waals surface area contributed by atoms with Crippen molar-refractivity contribution in [3.63, 3.8) is 0 Å². The second kappa shape index (κ2) is 4.86. The second-order valence-electron chi connectivity index (χ2n) is 4.13. The Labute approximate surface area is 107 Å². The lowest BCUT2D eigenvalue weighted by atomic mass is 9.97. The first-order valence-electron chi connectivity index (χ1n) is 4.61. The summed E-state index contributed by atoms with van der Waals surface area (Å²) in [5.74, 6) is 0. The zero-order valence-corrected chi connectivity index (χ0v) is 12.5. The van der Waals surface area contributed by atoms with Crippen LogP contribution in [0.1, 0.15) is 27.2 Å². The average molecular weight is 346 g/mol. The highest BCUT2D eigenvalue weighted by Gasteiger charge is 2.34. The largest absolute Gasteiger partial charge is 0.366 e. The van der Waals surface area contributed by atoms with Gasteiger partial charge in [0.2, 0.25) is 0 Å². The van der Waals surface area contributed by atoms with E-state index in [2.05, 4.69) is 44.9 Å². The average Bonchev–Trinajstić information content (AvgIpc) is 2.02. The van der Waals surface area contributed by atoms with Gasteiger partial charge in [0, 0.05) is 0 Å². The minimum absolute atomic E-state index is 0.0757. The molecule has 0 amide bonds. The van der Waals surface area contributed by atoms with E-state index in [0.29, 0.717) is 0 Å². The third-order valence-corrected chi connectivity index (χ3v) is 3.61. The Morgan fingerprint density at radius 1 is 1.57 bits per heavy atom. The Hall–Kier alpha value is 0.950. The molecule has 0 saturated carbocycles. The Balaban J connectivity index is 2.75. The number of hydrogen-bond donors (Lipinski definition) is 0. The van der Waals surface area contributed by atoms with Gasteiger partial charge in [-0.25, -0.2) is 0 Å². The van der Waals surface area contributed by atoms with Crippen LogP contribution >= 0.6 is 43.5 Å². The van der Waals surface area contributed by atoms with Crippen molar-refractivity contribution < 1.29 is 4.74 Å². The molecule has 0 aromatic carbocycles. The lowest BCUT2D eigenvalue weighted by molar-refractivity contribution is -0.00931. The molecule has 0 aromatic heterocycles. The predicted octanol–water partition coefficient (Wildman–Crippen LogP) is 4.22. The van der Waals surface area contributed by atoms with Gasteiger partial charge in [0.1, 0.15) is 6.10 Å². The van der Waals surface area contributed by atoms with Crippen LogP contribution in [0.25, 0.3) is 0 Å². The van der Waals surface area contributed by atoms with Gasteiger partial charge >= 0.3 is 0 Å². The van der Waals surface area contributed by atoms with E-state index in [-0.39, 0.29) is 20.8 Å². The van der Waals surface area contributed by atoms with Crippen LogP contribution < -0.4 is 0 Å². The van der Waals surface area contributed by atoms with E-state index in [1.807, 2.05) is 13.8 Å². The van der Waals surface area contributed by atoms with E-state index in [9.17, 15) is 0 Å². The van der Waals surface area contributed by atoms with E-state index in [0.717, 1.165) is 6.42 Å². The molecule has 82 valence electrons. The van der Waals surface area contributed by atoms with Gasteiger partial charge < -0.3 is 4.74 Å². The molecule has 0 saturated heterocycles. The van der Waals surface area contributed by atoms with Gasteiger partial charge in [-0.05, 0) is 32.8 Å². The molecule has 0 fully saturated rings. The minimum Gasteiger partial charge on any atom is -0.366 e. The Bertz CT molecular complexity index is 233. The Morgan fingerprint density at radius 3 is 2.57 bits per heavy atom. The molecule has 0 unspecified atom stereocenters. The fourth-order valence-electron chi connectivity index (χ4n) is 1.45. The van der Waals surface area contributed by atoms with Crippen LogP contribution in [0.4, 0.5) is 0 Å². The molecule has 0 spiro atoms. The topological polar surface area (TPSA) is 9.23 Å². The fraction of sp³-hybridized carbons (Fsp3) is 0.800. The summed E-state index contributed by atoms with van der Waals surface area (Å²) in [4.78, 5) is -0.315. The molecule has 1 nitrogen and oxygen atoms in total. The quantitative estimate of drug-likeness (QED) is 0.537. The molecule has 2 atom stereocenters. The van der Waals surface area contributed by atoms with Crippen molar-refractivity contribution in [1.82, 2.24) is 0 Å². The third kappa shape index (κ3) is 3.22. The number of ether oxygens (including phenoxy) is 1. The second-order valence-corrected chi connectivity index (χ2v) is 8.30. The molecule has 1 aliphatic heterocycles. The summed E-state index contributed by atoms with van der Waals surface area (Å²) in [6.45, 7) is 6.06. The molecule has 4 heteroatoms. The van der Waals surface area contributed by atoms with E-state index in [1.165, 1.54) is 5.57 Å². The molecule has 0 radical (unpaired) electrons. The van der Waals surface area contributed by atoms with Gasteiger partial charge in [0.15, 0.2) is 0 Å². The zero-order valence-electron chi connectivity index (χ0n) is 8.56. The molecule has 14 heavy (non-hydrogen) atoms. The molecule has 1 heterocycles. The van der Waals surface area contributed by atoms with Crippen molar-refractivity contribution in [3.05, 3.63) is 11.6 Å². The van der Waals surface area contributed by atoms with E-state index in [1.54, 1.807) is 0 Å². The van der Waals surface area contributed by atoms with E-state index in [4.69, 9.17) is 16.3 Å². The van der Waals surface area contributed by atoms with Crippen molar-refractivity contribution in [1.29, 1.82) is 0 Å². The summed E-state index contributed by atoms with van der Waals surface area (Å²) in [7, 11) is 0. The van der Waals surface area contributed by atoms with Gasteiger partial charge in [-0.1, -0.05) is 37.9 Å². The van der Waals surface area contributed by atoms with Gasteiger partial charge in [-0.3, -0.25) is 0 Å². The fourth-order valence-corrected chi connectivity index (χ4v) is 2.67. The predicted molar refractivity (Wildman–Crippen MR) is 68.6 cm³/mol. The highest BCUT2D eigenvalue weighted by atomic mass is 79.9. The van der Waals surface area contributed by atoms with Gasteiger partial charge in [-0.2, -0.15) is 0 Å². The summed E-state index contributed by atoms with van der Waals surface area (Å²) >= 11 is 13.2. The standard InChI is InChI=1S/C10H15Br2ClO/c1-6-4-5-7(10(2,3)13)14-8(6)9(11)12/h4,7-9H,5H2,1-3H3/t7-,8+/m1/s1. The van der Waals surface area contributed by atoms with Gasteiger partial charge in [-0.15, -0.1) is 11.6 Å². The molecule has 1 rings (SSSR count). The van der Waals surface area contributed by atoms with Crippen LogP contribution in [-0.4, -0.2) is 20.8 Å². The highest BCUT2D eigenvalue weighted by molar-refractivity contribution is 9.24. The lowest BCUT2D eigenvalue weighted by Crippen LogP contribution is -2.41. The Morgan fingerprint density at radius 2 is 2.14 bits per heavy atom. The van der Waals surface area contributed by atoms with Crippen molar-refractivity contribution in [3.8, 4) is 0 Å². The van der Waals surface area contributed by atoms with Crippen LogP contribution in [-0.2, 0) is 4.74 Å². The molecular formula is C10H15Br2ClO. The summed E-state index contributed by atoms with van der Waals surface area (Å²) < 4.78 is 6.08. The first-order valence-corrected chi connectivity index (χ1v) is 6.82.